The van der Waals surface area contributed by atoms with Crippen LogP contribution in [-0.2, 0) is 15.0 Å². The van der Waals surface area contributed by atoms with Crippen molar-refractivity contribution in [1.29, 1.82) is 0 Å². The summed E-state index contributed by atoms with van der Waals surface area (Å²) >= 11 is 0. The minimum atomic E-state index is -1.94. The van der Waals surface area contributed by atoms with Crippen molar-refractivity contribution in [1.82, 2.24) is 4.98 Å². The Morgan fingerprint density at radius 2 is 1.76 bits per heavy atom. The lowest BCUT2D eigenvalue weighted by atomic mass is 9.82. The van der Waals surface area contributed by atoms with Gasteiger partial charge in [0, 0.05) is 22.7 Å². The van der Waals surface area contributed by atoms with Crippen LogP contribution in [0.25, 0.3) is 10.9 Å². The summed E-state index contributed by atoms with van der Waals surface area (Å²) in [7, 11) is 0. The third-order valence-electron chi connectivity index (χ3n) is 2.98. The lowest BCUT2D eigenvalue weighted by Gasteiger charge is -2.18. The molecule has 88 valence electrons. The number of rotatable bonds is 3. The Labute approximate surface area is 96.7 Å². The van der Waals surface area contributed by atoms with Crippen molar-refractivity contribution in [3.63, 3.8) is 0 Å². The maximum Gasteiger partial charge on any atom is 0.325 e. The number of H-pyrrole nitrogens is 1. The van der Waals surface area contributed by atoms with E-state index in [1.807, 2.05) is 0 Å². The normalized spacial score (nSPS) is 11.6. The number of carbonyl (C=O) groups is 2. The highest BCUT2D eigenvalue weighted by Crippen LogP contribution is 2.31. The highest BCUT2D eigenvalue weighted by Gasteiger charge is 2.45. The molecule has 2 rings (SSSR count). The third-order valence-corrected chi connectivity index (χ3v) is 2.98. The summed E-state index contributed by atoms with van der Waals surface area (Å²) in [5, 5.41) is 18.9. The van der Waals surface area contributed by atoms with Crippen LogP contribution in [0.1, 0.15) is 12.5 Å². The average molecular weight is 233 g/mol. The van der Waals surface area contributed by atoms with Gasteiger partial charge >= 0.3 is 11.9 Å². The van der Waals surface area contributed by atoms with Crippen molar-refractivity contribution in [2.24, 2.45) is 0 Å². The van der Waals surface area contributed by atoms with Gasteiger partial charge in [-0.25, -0.2) is 0 Å². The first-order valence-corrected chi connectivity index (χ1v) is 5.01. The van der Waals surface area contributed by atoms with Gasteiger partial charge < -0.3 is 15.2 Å². The van der Waals surface area contributed by atoms with Gasteiger partial charge in [-0.15, -0.1) is 0 Å². The second kappa shape index (κ2) is 3.62. The Morgan fingerprint density at radius 1 is 1.18 bits per heavy atom. The van der Waals surface area contributed by atoms with Gasteiger partial charge in [0.25, 0.3) is 0 Å². The van der Waals surface area contributed by atoms with Crippen LogP contribution in [0.4, 0.5) is 0 Å². The molecule has 0 unspecified atom stereocenters. The van der Waals surface area contributed by atoms with Crippen LogP contribution in [0.3, 0.4) is 0 Å². The molecule has 0 aliphatic rings. The predicted octanol–water partition coefficient (Wildman–Crippen LogP) is 1.59. The molecule has 0 bridgehead atoms. The van der Waals surface area contributed by atoms with E-state index in [2.05, 4.69) is 4.98 Å². The Balaban J connectivity index is 2.74. The molecule has 0 aliphatic heterocycles. The number of aliphatic carboxylic acids is 2. The molecule has 1 heterocycles. The van der Waals surface area contributed by atoms with E-state index in [0.29, 0.717) is 5.39 Å². The molecular formula is C12H11NO4. The predicted molar refractivity (Wildman–Crippen MR) is 60.9 cm³/mol. The van der Waals surface area contributed by atoms with Crippen LogP contribution < -0.4 is 0 Å². The number of para-hydroxylation sites is 1. The fraction of sp³-hybridized carbons (Fsp3) is 0.167. The van der Waals surface area contributed by atoms with E-state index in [9.17, 15) is 9.59 Å². The molecule has 2 aromatic rings. The minimum absolute atomic E-state index is 0.258. The number of carboxylic acids is 2. The molecule has 5 nitrogen and oxygen atoms in total. The molecule has 17 heavy (non-hydrogen) atoms. The smallest absolute Gasteiger partial charge is 0.325 e. The highest BCUT2D eigenvalue weighted by molar-refractivity contribution is 6.07. The van der Waals surface area contributed by atoms with Crippen LogP contribution in [0.5, 0.6) is 0 Å². The minimum Gasteiger partial charge on any atom is -0.480 e. The van der Waals surface area contributed by atoms with Gasteiger partial charge in [-0.2, -0.15) is 0 Å². The number of hydrogen-bond donors (Lipinski definition) is 3. The average Bonchev–Trinajstić information content (AvgIpc) is 2.71. The lowest BCUT2D eigenvalue weighted by molar-refractivity contribution is -0.156. The summed E-state index contributed by atoms with van der Waals surface area (Å²) in [4.78, 5) is 25.3. The summed E-state index contributed by atoms with van der Waals surface area (Å²) in [6, 6.07) is 7.00. The van der Waals surface area contributed by atoms with E-state index in [1.165, 1.54) is 13.1 Å². The Morgan fingerprint density at radius 3 is 2.35 bits per heavy atom. The summed E-state index contributed by atoms with van der Waals surface area (Å²) in [6.45, 7) is 1.19. The van der Waals surface area contributed by atoms with E-state index >= 15 is 0 Å². The van der Waals surface area contributed by atoms with Gasteiger partial charge in [0.05, 0.1) is 0 Å². The first-order chi connectivity index (χ1) is 7.98. The van der Waals surface area contributed by atoms with Crippen LogP contribution >= 0.6 is 0 Å². The molecule has 5 heteroatoms. The summed E-state index contributed by atoms with van der Waals surface area (Å²) in [6.07, 6.45) is 1.44. The second-order valence-corrected chi connectivity index (χ2v) is 3.98. The first kappa shape index (κ1) is 11.2. The van der Waals surface area contributed by atoms with Crippen molar-refractivity contribution in [3.8, 4) is 0 Å². The summed E-state index contributed by atoms with van der Waals surface area (Å²) in [5.74, 6) is -2.76. The molecule has 0 radical (unpaired) electrons. The number of aromatic amines is 1. The van der Waals surface area contributed by atoms with Crippen LogP contribution in [0, 0.1) is 0 Å². The van der Waals surface area contributed by atoms with Crippen molar-refractivity contribution in [3.05, 3.63) is 36.0 Å². The molecule has 0 amide bonds. The number of fused-ring (bicyclic) bond motifs is 1. The van der Waals surface area contributed by atoms with Gasteiger partial charge in [-0.3, -0.25) is 9.59 Å². The monoisotopic (exact) mass is 233 g/mol. The van der Waals surface area contributed by atoms with Crippen LogP contribution in [0.15, 0.2) is 30.5 Å². The van der Waals surface area contributed by atoms with Crippen molar-refractivity contribution < 1.29 is 19.8 Å². The molecule has 0 atom stereocenters. The molecule has 3 N–H and O–H groups in total. The molecule has 1 aromatic carbocycles. The van der Waals surface area contributed by atoms with Gasteiger partial charge in [0.15, 0.2) is 5.41 Å². The highest BCUT2D eigenvalue weighted by atomic mass is 16.4. The maximum atomic E-state index is 11.2. The topological polar surface area (TPSA) is 90.4 Å². The van der Waals surface area contributed by atoms with Crippen molar-refractivity contribution >= 4 is 22.8 Å². The molecule has 1 aromatic heterocycles. The van der Waals surface area contributed by atoms with Gasteiger partial charge in [0.1, 0.15) is 0 Å². The Kier molecular flexibility index (Phi) is 2.38. The van der Waals surface area contributed by atoms with Crippen LogP contribution in [-0.4, -0.2) is 27.1 Å². The molecule has 0 spiro atoms. The molecular weight excluding hydrogens is 222 g/mol. The van der Waals surface area contributed by atoms with E-state index in [-0.39, 0.29) is 5.56 Å². The molecule has 0 aliphatic carbocycles. The number of carboxylic acid groups (broad SMARTS) is 2. The third kappa shape index (κ3) is 1.47. The molecule has 0 saturated carbocycles. The standard InChI is InChI=1S/C12H11NO4/c1-12(10(14)15,11(16)17)8-6-13-9-5-3-2-4-7(8)9/h2-6,13H,1H3,(H,14,15)(H,16,17). The maximum absolute atomic E-state index is 11.2. The molecule has 0 saturated heterocycles. The fourth-order valence-electron chi connectivity index (χ4n) is 1.81. The van der Waals surface area contributed by atoms with Gasteiger partial charge in [-0.1, -0.05) is 18.2 Å². The summed E-state index contributed by atoms with van der Waals surface area (Å²) < 4.78 is 0. The van der Waals surface area contributed by atoms with Gasteiger partial charge in [-0.05, 0) is 13.0 Å². The van der Waals surface area contributed by atoms with Crippen LogP contribution in [0.2, 0.25) is 0 Å². The Hall–Kier alpha value is -2.30. The quantitative estimate of drug-likeness (QED) is 0.702. The number of nitrogens with one attached hydrogen (secondary N) is 1. The zero-order valence-corrected chi connectivity index (χ0v) is 9.10. The van der Waals surface area contributed by atoms with Crippen molar-refractivity contribution in [2.75, 3.05) is 0 Å². The lowest BCUT2D eigenvalue weighted by Crippen LogP contribution is -2.40. The summed E-state index contributed by atoms with van der Waals surface area (Å²) in [5.41, 5.74) is -0.969. The van der Waals surface area contributed by atoms with E-state index in [0.717, 1.165) is 5.52 Å². The van der Waals surface area contributed by atoms with E-state index in [1.54, 1.807) is 24.3 Å². The largest absolute Gasteiger partial charge is 0.480 e. The Bertz CT molecular complexity index is 585. The number of aromatic nitrogens is 1. The zero-order valence-electron chi connectivity index (χ0n) is 9.10. The number of hydrogen-bond acceptors (Lipinski definition) is 2. The zero-order chi connectivity index (χ0) is 12.6. The second-order valence-electron chi connectivity index (χ2n) is 3.98. The van der Waals surface area contributed by atoms with E-state index < -0.39 is 17.4 Å². The van der Waals surface area contributed by atoms with Gasteiger partial charge in [0.2, 0.25) is 0 Å². The SMILES string of the molecule is CC(C(=O)O)(C(=O)O)c1c[nH]c2ccccc12. The first-order valence-electron chi connectivity index (χ1n) is 5.01. The van der Waals surface area contributed by atoms with E-state index in [4.69, 9.17) is 10.2 Å². The number of benzene rings is 1. The molecule has 0 fully saturated rings. The fourth-order valence-corrected chi connectivity index (χ4v) is 1.81. The van der Waals surface area contributed by atoms with Crippen molar-refractivity contribution in [2.45, 2.75) is 12.3 Å².